The first kappa shape index (κ1) is 14.9. The molecule has 1 aromatic rings. The Hall–Kier alpha value is -2.11. The molecular weight excluding hydrogens is 253 g/mol. The second kappa shape index (κ2) is 6.72. The van der Waals surface area contributed by atoms with Crippen LogP contribution in [-0.2, 0) is 16.1 Å². The molecule has 0 aromatic heterocycles. The van der Waals surface area contributed by atoms with Crippen LogP contribution >= 0.6 is 0 Å². The van der Waals surface area contributed by atoms with Gasteiger partial charge in [0.15, 0.2) is 0 Å². The number of carbonyl (C=O) groups is 2. The summed E-state index contributed by atoms with van der Waals surface area (Å²) in [4.78, 5) is 22.5. The largest absolute Gasteiger partial charge is 0.496 e. The Bertz CT molecular complexity index is 476. The summed E-state index contributed by atoms with van der Waals surface area (Å²) in [5, 5.41) is 11.3. The number of hydrogen-bond acceptors (Lipinski definition) is 3. The molecule has 104 valence electrons. The number of rotatable bonds is 6. The van der Waals surface area contributed by atoms with Gasteiger partial charge in [-0.3, -0.25) is 9.59 Å². The minimum absolute atomic E-state index is 0.0174. The van der Waals surface area contributed by atoms with Crippen LogP contribution in [0.5, 0.6) is 5.75 Å². The zero-order valence-corrected chi connectivity index (χ0v) is 10.8. The number of hydrogen-bond donors (Lipinski definition) is 2. The van der Waals surface area contributed by atoms with Crippen LogP contribution in [-0.4, -0.2) is 24.1 Å². The van der Waals surface area contributed by atoms with Crippen LogP contribution < -0.4 is 10.1 Å². The van der Waals surface area contributed by atoms with Crippen LogP contribution in [0.25, 0.3) is 0 Å². The fraction of sp³-hybridized carbons (Fsp3) is 0.385. The third-order valence-electron chi connectivity index (χ3n) is 2.72. The van der Waals surface area contributed by atoms with Crippen molar-refractivity contribution in [2.45, 2.75) is 19.9 Å². The summed E-state index contributed by atoms with van der Waals surface area (Å²) >= 11 is 0. The topological polar surface area (TPSA) is 75.6 Å². The van der Waals surface area contributed by atoms with E-state index in [1.54, 1.807) is 6.92 Å². The molecule has 0 aliphatic carbocycles. The molecule has 6 heteroatoms. The van der Waals surface area contributed by atoms with E-state index in [-0.39, 0.29) is 13.0 Å². The summed E-state index contributed by atoms with van der Waals surface area (Å²) in [5.74, 6) is -2.88. The molecule has 0 bridgehead atoms. The predicted molar refractivity (Wildman–Crippen MR) is 66.2 cm³/mol. The second-order valence-corrected chi connectivity index (χ2v) is 3.97. The Morgan fingerprint density at radius 3 is 2.68 bits per heavy atom. The maximum absolute atomic E-state index is 13.1. The summed E-state index contributed by atoms with van der Waals surface area (Å²) in [6, 6.07) is 3.93. The van der Waals surface area contributed by atoms with Crippen molar-refractivity contribution in [3.63, 3.8) is 0 Å². The standard InChI is InChI=1S/C13H16FNO4/c1-3-10(13(17)18)12(16)15-7-8-6-9(14)4-5-11(8)19-2/h4-6,10H,3,7H2,1-2H3,(H,15,16)(H,17,18). The average Bonchev–Trinajstić information content (AvgIpc) is 2.37. The van der Waals surface area contributed by atoms with E-state index in [2.05, 4.69) is 5.32 Å². The highest BCUT2D eigenvalue weighted by molar-refractivity contribution is 5.96. The molecule has 1 unspecified atom stereocenters. The van der Waals surface area contributed by atoms with Crippen LogP contribution in [0.1, 0.15) is 18.9 Å². The zero-order valence-electron chi connectivity index (χ0n) is 10.8. The first-order valence-corrected chi connectivity index (χ1v) is 5.82. The Morgan fingerprint density at radius 2 is 2.16 bits per heavy atom. The second-order valence-electron chi connectivity index (χ2n) is 3.97. The third-order valence-corrected chi connectivity index (χ3v) is 2.72. The molecule has 1 amide bonds. The third kappa shape index (κ3) is 3.94. The molecule has 5 nitrogen and oxygen atoms in total. The molecule has 0 fully saturated rings. The Balaban J connectivity index is 2.73. The number of nitrogens with one attached hydrogen (secondary N) is 1. The Labute approximate surface area is 110 Å². The first-order valence-electron chi connectivity index (χ1n) is 5.82. The maximum atomic E-state index is 13.1. The highest BCUT2D eigenvalue weighted by Crippen LogP contribution is 2.19. The van der Waals surface area contributed by atoms with Gasteiger partial charge in [-0.2, -0.15) is 0 Å². The van der Waals surface area contributed by atoms with E-state index >= 15 is 0 Å². The van der Waals surface area contributed by atoms with Crippen molar-refractivity contribution in [2.75, 3.05) is 7.11 Å². The normalized spacial score (nSPS) is 11.7. The number of carbonyl (C=O) groups excluding carboxylic acids is 1. The van der Waals surface area contributed by atoms with E-state index < -0.39 is 23.6 Å². The fourth-order valence-electron chi connectivity index (χ4n) is 1.66. The molecule has 0 heterocycles. The van der Waals surface area contributed by atoms with Crippen molar-refractivity contribution in [1.82, 2.24) is 5.32 Å². The predicted octanol–water partition coefficient (Wildman–Crippen LogP) is 1.56. The molecule has 19 heavy (non-hydrogen) atoms. The van der Waals surface area contributed by atoms with Gasteiger partial charge < -0.3 is 15.2 Å². The summed E-state index contributed by atoms with van der Waals surface area (Å²) in [5.41, 5.74) is 0.455. The summed E-state index contributed by atoms with van der Waals surface area (Å²) in [6.45, 7) is 1.63. The molecule has 0 saturated carbocycles. The fourth-order valence-corrected chi connectivity index (χ4v) is 1.66. The van der Waals surface area contributed by atoms with Gasteiger partial charge in [0, 0.05) is 12.1 Å². The van der Waals surface area contributed by atoms with Gasteiger partial charge in [-0.05, 0) is 24.6 Å². The molecular formula is C13H16FNO4. The van der Waals surface area contributed by atoms with Crippen LogP contribution in [0.2, 0.25) is 0 Å². The molecule has 1 aromatic carbocycles. The number of carboxylic acid groups (broad SMARTS) is 1. The summed E-state index contributed by atoms with van der Waals surface area (Å²) in [6.07, 6.45) is 0.196. The van der Waals surface area contributed by atoms with Crippen LogP contribution in [0.15, 0.2) is 18.2 Å². The Morgan fingerprint density at radius 1 is 1.47 bits per heavy atom. The molecule has 0 aliphatic rings. The first-order chi connectivity index (χ1) is 8.99. The van der Waals surface area contributed by atoms with Gasteiger partial charge in [0.05, 0.1) is 7.11 Å². The SMILES string of the molecule is CCC(C(=O)O)C(=O)NCc1cc(F)ccc1OC. The highest BCUT2D eigenvalue weighted by atomic mass is 19.1. The lowest BCUT2D eigenvalue weighted by Crippen LogP contribution is -2.34. The van der Waals surface area contributed by atoms with E-state index in [0.717, 1.165) is 0 Å². The highest BCUT2D eigenvalue weighted by Gasteiger charge is 2.23. The lowest BCUT2D eigenvalue weighted by Gasteiger charge is -2.12. The van der Waals surface area contributed by atoms with Crippen molar-refractivity contribution < 1.29 is 23.8 Å². The summed E-state index contributed by atoms with van der Waals surface area (Å²) < 4.78 is 18.1. The Kier molecular flexibility index (Phi) is 5.29. The quantitative estimate of drug-likeness (QED) is 0.768. The van der Waals surface area contributed by atoms with Gasteiger partial charge in [0.25, 0.3) is 0 Å². The molecule has 1 rings (SSSR count). The number of carboxylic acids is 1. The maximum Gasteiger partial charge on any atom is 0.316 e. The van der Waals surface area contributed by atoms with Gasteiger partial charge in [0.2, 0.25) is 5.91 Å². The molecule has 0 aliphatic heterocycles. The van der Waals surface area contributed by atoms with Crippen molar-refractivity contribution in [1.29, 1.82) is 0 Å². The lowest BCUT2D eigenvalue weighted by molar-refractivity contribution is -0.147. The van der Waals surface area contributed by atoms with Gasteiger partial charge >= 0.3 is 5.97 Å². The molecule has 0 saturated heterocycles. The molecule has 1 atom stereocenters. The van der Waals surface area contributed by atoms with Crippen LogP contribution in [0.4, 0.5) is 4.39 Å². The van der Waals surface area contributed by atoms with Crippen LogP contribution in [0.3, 0.4) is 0 Å². The van der Waals surface area contributed by atoms with Crippen molar-refractivity contribution in [3.8, 4) is 5.75 Å². The number of ether oxygens (including phenoxy) is 1. The van der Waals surface area contributed by atoms with E-state index in [0.29, 0.717) is 11.3 Å². The number of methoxy groups -OCH3 is 1. The minimum atomic E-state index is -1.17. The zero-order chi connectivity index (χ0) is 14.4. The van der Waals surface area contributed by atoms with Crippen LogP contribution in [0, 0.1) is 11.7 Å². The molecule has 0 radical (unpaired) electrons. The molecule has 0 spiro atoms. The van der Waals surface area contributed by atoms with E-state index in [1.807, 2.05) is 0 Å². The van der Waals surface area contributed by atoms with E-state index in [4.69, 9.17) is 9.84 Å². The smallest absolute Gasteiger partial charge is 0.316 e. The minimum Gasteiger partial charge on any atom is -0.496 e. The van der Waals surface area contributed by atoms with Gasteiger partial charge in [-0.15, -0.1) is 0 Å². The molecule has 2 N–H and O–H groups in total. The number of halogens is 1. The van der Waals surface area contributed by atoms with Crippen molar-refractivity contribution >= 4 is 11.9 Å². The number of amides is 1. The van der Waals surface area contributed by atoms with E-state index in [1.165, 1.54) is 25.3 Å². The number of aliphatic carboxylic acids is 1. The average molecular weight is 269 g/mol. The monoisotopic (exact) mass is 269 g/mol. The van der Waals surface area contributed by atoms with E-state index in [9.17, 15) is 14.0 Å². The summed E-state index contributed by atoms with van der Waals surface area (Å²) in [7, 11) is 1.44. The number of benzene rings is 1. The van der Waals surface area contributed by atoms with Crippen molar-refractivity contribution in [2.24, 2.45) is 5.92 Å². The van der Waals surface area contributed by atoms with Gasteiger partial charge in [-0.25, -0.2) is 4.39 Å². The van der Waals surface area contributed by atoms with Gasteiger partial charge in [0.1, 0.15) is 17.5 Å². The van der Waals surface area contributed by atoms with Crippen molar-refractivity contribution in [3.05, 3.63) is 29.6 Å². The lowest BCUT2D eigenvalue weighted by atomic mass is 10.1. The van der Waals surface area contributed by atoms with Gasteiger partial charge in [-0.1, -0.05) is 6.92 Å².